The maximum atomic E-state index is 12.1. The number of amides is 1. The molecule has 2 aromatic heterocycles. The van der Waals surface area contributed by atoms with Crippen LogP contribution < -0.4 is 10.6 Å². The molecule has 0 radical (unpaired) electrons. The molecule has 6 heteroatoms. The Bertz CT molecular complexity index is 811. The molecule has 1 unspecified atom stereocenters. The Labute approximate surface area is 138 Å². The van der Waals surface area contributed by atoms with Gasteiger partial charge in [0.15, 0.2) is 0 Å². The molecule has 4 rings (SSSR count). The molecular weight excluding hydrogens is 308 g/mol. The van der Waals surface area contributed by atoms with Gasteiger partial charge in [-0.1, -0.05) is 36.4 Å². The second kappa shape index (κ2) is 5.98. The number of nitrogens with zero attached hydrogens (tertiary/aromatic N) is 2. The van der Waals surface area contributed by atoms with Crippen LogP contribution in [0.4, 0.5) is 0 Å². The third kappa shape index (κ3) is 2.78. The summed E-state index contributed by atoms with van der Waals surface area (Å²) in [7, 11) is 0. The van der Waals surface area contributed by atoms with Crippen molar-refractivity contribution in [3.05, 3.63) is 64.5 Å². The van der Waals surface area contributed by atoms with Crippen LogP contribution in [-0.4, -0.2) is 22.2 Å². The SMILES string of the molecule is O=C1NCC(NCc2cccs2)n2nc(-c3ccccc3)cc21. The third-order valence-corrected chi connectivity index (χ3v) is 4.76. The van der Waals surface area contributed by atoms with Gasteiger partial charge in [0, 0.05) is 17.0 Å². The largest absolute Gasteiger partial charge is 0.347 e. The number of carbonyl (C=O) groups excluding carboxylic acids is 1. The molecule has 23 heavy (non-hydrogen) atoms. The number of hydrogen-bond donors (Lipinski definition) is 2. The molecule has 1 aromatic carbocycles. The maximum Gasteiger partial charge on any atom is 0.269 e. The van der Waals surface area contributed by atoms with E-state index in [1.165, 1.54) is 4.88 Å². The normalized spacial score (nSPS) is 16.9. The average molecular weight is 324 g/mol. The van der Waals surface area contributed by atoms with Crippen molar-refractivity contribution in [1.82, 2.24) is 20.4 Å². The molecule has 116 valence electrons. The highest BCUT2D eigenvalue weighted by molar-refractivity contribution is 7.09. The van der Waals surface area contributed by atoms with E-state index in [2.05, 4.69) is 27.2 Å². The summed E-state index contributed by atoms with van der Waals surface area (Å²) in [6.07, 6.45) is -0.0396. The molecule has 3 heterocycles. The van der Waals surface area contributed by atoms with Gasteiger partial charge in [0.2, 0.25) is 0 Å². The van der Waals surface area contributed by atoms with Crippen molar-refractivity contribution in [3.8, 4) is 11.3 Å². The smallest absolute Gasteiger partial charge is 0.269 e. The lowest BCUT2D eigenvalue weighted by molar-refractivity contribution is 0.0900. The van der Waals surface area contributed by atoms with Crippen LogP contribution in [0.2, 0.25) is 0 Å². The first kappa shape index (κ1) is 14.2. The number of aromatic nitrogens is 2. The monoisotopic (exact) mass is 324 g/mol. The molecule has 3 aromatic rings. The van der Waals surface area contributed by atoms with Gasteiger partial charge in [-0.25, -0.2) is 4.68 Å². The number of carbonyl (C=O) groups is 1. The van der Waals surface area contributed by atoms with Gasteiger partial charge in [0.1, 0.15) is 11.9 Å². The topological polar surface area (TPSA) is 59.0 Å². The van der Waals surface area contributed by atoms with Crippen molar-refractivity contribution in [2.24, 2.45) is 0 Å². The van der Waals surface area contributed by atoms with Gasteiger partial charge < -0.3 is 5.32 Å². The summed E-state index contributed by atoms with van der Waals surface area (Å²) in [6, 6.07) is 15.9. The standard InChI is InChI=1S/C17H16N4OS/c22-17-15-9-14(12-5-2-1-3-6-12)20-21(15)16(11-19-17)18-10-13-7-4-8-23-13/h1-9,16,18H,10-11H2,(H,19,22). The van der Waals surface area contributed by atoms with Crippen molar-refractivity contribution < 1.29 is 4.79 Å². The lowest BCUT2D eigenvalue weighted by Gasteiger charge is -2.25. The molecule has 1 atom stereocenters. The molecule has 0 saturated heterocycles. The molecule has 0 bridgehead atoms. The Kier molecular flexibility index (Phi) is 3.69. The molecule has 5 nitrogen and oxygen atoms in total. The molecule has 0 aliphatic carbocycles. The van der Waals surface area contributed by atoms with E-state index in [0.717, 1.165) is 17.8 Å². The molecule has 2 N–H and O–H groups in total. The zero-order chi connectivity index (χ0) is 15.6. The summed E-state index contributed by atoms with van der Waals surface area (Å²) in [5.74, 6) is -0.0751. The summed E-state index contributed by atoms with van der Waals surface area (Å²) in [6.45, 7) is 1.30. The van der Waals surface area contributed by atoms with Crippen molar-refractivity contribution in [1.29, 1.82) is 0 Å². The van der Waals surface area contributed by atoms with Gasteiger partial charge in [-0.3, -0.25) is 10.1 Å². The van der Waals surface area contributed by atoms with E-state index in [-0.39, 0.29) is 12.1 Å². The van der Waals surface area contributed by atoms with E-state index in [1.807, 2.05) is 42.5 Å². The Morgan fingerprint density at radius 3 is 2.91 bits per heavy atom. The lowest BCUT2D eigenvalue weighted by atomic mass is 10.1. The quantitative estimate of drug-likeness (QED) is 0.776. The highest BCUT2D eigenvalue weighted by atomic mass is 32.1. The molecule has 0 spiro atoms. The third-order valence-electron chi connectivity index (χ3n) is 3.88. The molecule has 1 aliphatic rings. The fraction of sp³-hybridized carbons (Fsp3) is 0.176. The summed E-state index contributed by atoms with van der Waals surface area (Å²) in [5.41, 5.74) is 2.43. The van der Waals surface area contributed by atoms with Gasteiger partial charge in [0.25, 0.3) is 5.91 Å². The van der Waals surface area contributed by atoms with E-state index in [0.29, 0.717) is 12.2 Å². The Balaban J connectivity index is 1.62. The fourth-order valence-electron chi connectivity index (χ4n) is 2.71. The Morgan fingerprint density at radius 1 is 1.26 bits per heavy atom. The van der Waals surface area contributed by atoms with Gasteiger partial charge in [-0.2, -0.15) is 5.10 Å². The Morgan fingerprint density at radius 2 is 2.13 bits per heavy atom. The molecule has 1 amide bonds. The van der Waals surface area contributed by atoms with Crippen LogP contribution in [0, 0.1) is 0 Å². The first-order chi connectivity index (χ1) is 11.3. The fourth-order valence-corrected chi connectivity index (χ4v) is 3.36. The Hall–Kier alpha value is -2.44. The van der Waals surface area contributed by atoms with Crippen molar-refractivity contribution in [2.45, 2.75) is 12.7 Å². The number of thiophene rings is 1. The number of hydrogen-bond acceptors (Lipinski definition) is 4. The number of rotatable bonds is 4. The van der Waals surface area contributed by atoms with E-state index in [1.54, 1.807) is 16.0 Å². The van der Waals surface area contributed by atoms with Gasteiger partial charge >= 0.3 is 0 Å². The zero-order valence-electron chi connectivity index (χ0n) is 12.4. The summed E-state index contributed by atoms with van der Waals surface area (Å²) >= 11 is 1.72. The summed E-state index contributed by atoms with van der Waals surface area (Å²) in [5, 5.41) is 13.1. The predicted octanol–water partition coefficient (Wildman–Crippen LogP) is 2.64. The minimum atomic E-state index is -0.0751. The second-order valence-electron chi connectivity index (χ2n) is 5.41. The van der Waals surface area contributed by atoms with Crippen LogP contribution in [0.15, 0.2) is 53.9 Å². The van der Waals surface area contributed by atoms with E-state index in [9.17, 15) is 4.79 Å². The highest BCUT2D eigenvalue weighted by Crippen LogP contribution is 2.23. The van der Waals surface area contributed by atoms with Gasteiger partial charge in [0.05, 0.1) is 12.2 Å². The number of benzene rings is 1. The van der Waals surface area contributed by atoms with Gasteiger partial charge in [-0.15, -0.1) is 11.3 Å². The lowest BCUT2D eigenvalue weighted by Crippen LogP contribution is -2.45. The van der Waals surface area contributed by atoms with Crippen LogP contribution in [0.1, 0.15) is 21.5 Å². The summed E-state index contributed by atoms with van der Waals surface area (Å²) < 4.78 is 1.80. The van der Waals surface area contributed by atoms with Crippen LogP contribution in [0.25, 0.3) is 11.3 Å². The molecule has 0 saturated carbocycles. The minimum Gasteiger partial charge on any atom is -0.347 e. The highest BCUT2D eigenvalue weighted by Gasteiger charge is 2.27. The molecule has 0 fully saturated rings. The minimum absolute atomic E-state index is 0.0396. The number of nitrogens with one attached hydrogen (secondary N) is 2. The number of fused-ring (bicyclic) bond motifs is 1. The zero-order valence-corrected chi connectivity index (χ0v) is 13.2. The van der Waals surface area contributed by atoms with E-state index in [4.69, 9.17) is 0 Å². The second-order valence-corrected chi connectivity index (χ2v) is 6.44. The predicted molar refractivity (Wildman–Crippen MR) is 90.2 cm³/mol. The molecular formula is C17H16N4OS. The first-order valence-electron chi connectivity index (χ1n) is 7.50. The van der Waals surface area contributed by atoms with Crippen molar-refractivity contribution in [3.63, 3.8) is 0 Å². The van der Waals surface area contributed by atoms with Crippen LogP contribution in [0.3, 0.4) is 0 Å². The van der Waals surface area contributed by atoms with Crippen LogP contribution in [0.5, 0.6) is 0 Å². The van der Waals surface area contributed by atoms with Crippen LogP contribution in [-0.2, 0) is 6.54 Å². The average Bonchev–Trinajstić information content (AvgIpc) is 3.25. The van der Waals surface area contributed by atoms with Gasteiger partial charge in [-0.05, 0) is 17.5 Å². The first-order valence-corrected chi connectivity index (χ1v) is 8.38. The molecule has 1 aliphatic heterocycles. The maximum absolute atomic E-state index is 12.1. The van der Waals surface area contributed by atoms with Crippen molar-refractivity contribution in [2.75, 3.05) is 6.54 Å². The van der Waals surface area contributed by atoms with Crippen LogP contribution >= 0.6 is 11.3 Å². The van der Waals surface area contributed by atoms with E-state index < -0.39 is 0 Å². The summed E-state index contributed by atoms with van der Waals surface area (Å²) in [4.78, 5) is 13.4. The van der Waals surface area contributed by atoms with Crippen molar-refractivity contribution >= 4 is 17.2 Å². The van der Waals surface area contributed by atoms with E-state index >= 15 is 0 Å².